The van der Waals surface area contributed by atoms with E-state index in [4.69, 9.17) is 35.2 Å². The van der Waals surface area contributed by atoms with E-state index in [1.165, 1.54) is 12.1 Å². The van der Waals surface area contributed by atoms with Crippen LogP contribution in [-0.4, -0.2) is 100 Å². The third-order valence-electron chi connectivity index (χ3n) is 19.5. The maximum absolute atomic E-state index is 14.4. The van der Waals surface area contributed by atoms with Crippen LogP contribution in [0.4, 0.5) is 34.9 Å². The largest absolute Gasteiger partial charge is 2.00 e. The van der Waals surface area contributed by atoms with Gasteiger partial charge in [0.25, 0.3) is 0 Å². The molecule has 4 N–H and O–H groups in total. The molecule has 0 aliphatic heterocycles. The number of carbonyl (C=O) groups is 2. The van der Waals surface area contributed by atoms with Gasteiger partial charge in [-0.25, -0.2) is 49.5 Å². The SMILES string of the molecule is Cn1c(-c2nc3c(C(=O)O)cccc3n2C)nc2c(C(=O)O)cccc21.Fc1c[c-]c(-c2cccc(N(c3ccccc3)c3cccc(-c4[c-]cc(F)cc4F)n3)n2)c(F)c1.Oc1ccccc1-c1cn(-c2ccccc2)c(-c2nc(-c3ccccc3O)cn2-c2ccccc2)n1.[Pt+2].[Pt+2].[Pt].[Pt].[S-]c1ccccc1-c1ccnc(-c2nccc(-c3ccccc3[S-])n2)n1. The number of carboxylic acids is 2. The van der Waals surface area contributed by atoms with Crippen LogP contribution in [-0.2, 0) is 124 Å². The Kier molecular flexibility index (Phi) is 30.3. The van der Waals surface area contributed by atoms with E-state index in [1.54, 1.807) is 125 Å². The van der Waals surface area contributed by atoms with Gasteiger partial charge in [-0.2, -0.15) is 9.79 Å². The summed E-state index contributed by atoms with van der Waals surface area (Å²) in [6.07, 6.45) is 7.19. The van der Waals surface area contributed by atoms with Crippen molar-refractivity contribution in [2.24, 2.45) is 14.1 Å². The molecule has 0 bridgehead atoms. The first-order chi connectivity index (χ1) is 59.8. The molecule has 0 fully saturated rings. The summed E-state index contributed by atoms with van der Waals surface area (Å²) in [5.41, 5.74) is 11.1. The number of aromatic hydroxyl groups is 2. The second-order valence-electron chi connectivity index (χ2n) is 27.3. The molecular weight excluding hydrogens is 2380 g/mol. The topological polar surface area (TPSA) is 267 Å². The van der Waals surface area contributed by atoms with Gasteiger partial charge in [-0.1, -0.05) is 187 Å². The Morgan fingerprint density at radius 2 is 0.740 bits per heavy atom. The number of anilines is 3. The molecule has 0 aliphatic carbocycles. The number of aromatic nitrogens is 14. The molecule has 0 saturated carbocycles. The Labute approximate surface area is 792 Å². The molecule has 0 unspecified atom stereocenters. The molecule has 0 amide bonds. The van der Waals surface area contributed by atoms with Crippen molar-refractivity contribution in [3.05, 3.63) is 369 Å². The van der Waals surface area contributed by atoms with Gasteiger partial charge < -0.3 is 54.8 Å². The molecule has 0 atom stereocenters. The fourth-order valence-electron chi connectivity index (χ4n) is 13.7. The van der Waals surface area contributed by atoms with Gasteiger partial charge in [-0.15, -0.1) is 24.3 Å². The average molecular weight is 2440 g/mol. The summed E-state index contributed by atoms with van der Waals surface area (Å²) in [7, 11) is 3.54. The molecule has 11 aromatic carbocycles. The summed E-state index contributed by atoms with van der Waals surface area (Å²) in [5.74, 6) is -1.05. The molecular formula is C96H63F4N15O6Pt4S2. The quantitative estimate of drug-likeness (QED) is 0.0398. The summed E-state index contributed by atoms with van der Waals surface area (Å²) >= 11 is 10.8. The Hall–Kier alpha value is -13.5. The number of hydrogen-bond donors (Lipinski definition) is 4. The van der Waals surface area contributed by atoms with Gasteiger partial charge in [0.1, 0.15) is 34.2 Å². The number of phenols is 2. The van der Waals surface area contributed by atoms with Crippen molar-refractivity contribution in [1.29, 1.82) is 0 Å². The molecule has 0 radical (unpaired) electrons. The number of hydrogen-bond acceptors (Lipinski definition) is 17. The molecule has 19 rings (SSSR count). The zero-order valence-electron chi connectivity index (χ0n) is 66.0. The van der Waals surface area contributed by atoms with E-state index in [0.29, 0.717) is 96.9 Å². The van der Waals surface area contributed by atoms with Crippen molar-refractivity contribution < 1.29 is 132 Å². The molecule has 0 aliphatic rings. The number of aromatic carboxylic acids is 2. The molecule has 0 spiro atoms. The van der Waals surface area contributed by atoms with Crippen molar-refractivity contribution in [3.63, 3.8) is 0 Å². The van der Waals surface area contributed by atoms with Gasteiger partial charge >= 0.3 is 54.1 Å². The Balaban J connectivity index is 0.000000154. The van der Waals surface area contributed by atoms with Crippen LogP contribution in [0.3, 0.4) is 0 Å². The molecule has 31 heteroatoms. The summed E-state index contributed by atoms with van der Waals surface area (Å²) < 4.78 is 63.1. The first-order valence-electron chi connectivity index (χ1n) is 37.8. The summed E-state index contributed by atoms with van der Waals surface area (Å²) in [4.78, 5) is 72.0. The standard InChI is InChI=1S/C30H22N4O2.C28H15F4N3.C20H14N4S2.C18H14N4O4.4Pt/c35-27-17-9-7-15-23(27)25-19-33(21-11-3-1-4-12-21)29(31-25)30-32-26(24-16-8-10-18-28(24)36)20-34(30)22-13-5-2-6-14-22;29-18-12-14-21(23(31)16-18)25-8-4-10-27(33-25)35(20-6-2-1-3-7-20)28-11-5-9-26(34-28)22-15-13-19(30)17-24(22)32;25-17-7-3-1-5-13(17)15-9-11-21-19(23-15)20-22-12-10-16(24-20)14-6-2-4-8-18(14)26;1-21-11-7-3-5-9(17(23)24)13(11)19-15(21)16-20-14-10(18(25)26)6-4-8-12(14)22(16)2;;;;/h1-20,35-36H;1-13,16-17H;1-12,25-26H;3-8H,1-2H3,(H,23,24)(H,25,26);;;;/q;-2;;;;;2*+2/p-2. The number of nitrogens with zero attached hydrogens (tertiary/aromatic N) is 15. The van der Waals surface area contributed by atoms with E-state index in [1.807, 2.05) is 197 Å². The number of rotatable bonds is 16. The fraction of sp³-hybridized carbons (Fsp3) is 0.0208. The first-order valence-corrected chi connectivity index (χ1v) is 38.6. The number of phenolic OH excluding ortho intramolecular Hbond substituents is 2. The van der Waals surface area contributed by atoms with Gasteiger partial charge in [0.2, 0.25) is 0 Å². The van der Waals surface area contributed by atoms with Crippen LogP contribution in [0.1, 0.15) is 20.7 Å². The van der Waals surface area contributed by atoms with Gasteiger partial charge in [0.15, 0.2) is 34.9 Å². The van der Waals surface area contributed by atoms with Crippen molar-refractivity contribution in [2.45, 2.75) is 9.79 Å². The van der Waals surface area contributed by atoms with Crippen LogP contribution in [0.2, 0.25) is 0 Å². The molecule has 638 valence electrons. The number of aryl methyl sites for hydroxylation is 2. The van der Waals surface area contributed by atoms with Crippen LogP contribution in [0.15, 0.2) is 332 Å². The second-order valence-corrected chi connectivity index (χ2v) is 28.2. The average Bonchev–Trinajstić information content (AvgIpc) is 1.60. The monoisotopic (exact) mass is 2440 g/mol. The van der Waals surface area contributed by atoms with E-state index >= 15 is 0 Å². The Morgan fingerprint density at radius 3 is 1.12 bits per heavy atom. The van der Waals surface area contributed by atoms with E-state index < -0.39 is 35.2 Å². The van der Waals surface area contributed by atoms with Crippen molar-refractivity contribution in [2.75, 3.05) is 4.90 Å². The van der Waals surface area contributed by atoms with Crippen molar-refractivity contribution in [3.8, 4) is 125 Å². The van der Waals surface area contributed by atoms with Crippen molar-refractivity contribution >= 4 is 76.6 Å². The Bertz CT molecular complexity index is 6780. The minimum absolute atomic E-state index is 0. The predicted molar refractivity (Wildman–Crippen MR) is 465 cm³/mol. The van der Waals surface area contributed by atoms with Crippen LogP contribution in [0.5, 0.6) is 11.5 Å². The third-order valence-corrected chi connectivity index (χ3v) is 20.2. The zero-order valence-corrected chi connectivity index (χ0v) is 76.7. The van der Waals surface area contributed by atoms with Gasteiger partial charge in [0, 0.05) is 132 Å². The number of para-hydroxylation sites is 7. The summed E-state index contributed by atoms with van der Waals surface area (Å²) in [5, 5.41) is 39.8. The minimum Gasteiger partial charge on any atom is -0.779 e. The van der Waals surface area contributed by atoms with E-state index in [9.17, 15) is 47.6 Å². The molecule has 8 heterocycles. The minimum atomic E-state index is -1.06. The molecule has 19 aromatic rings. The van der Waals surface area contributed by atoms with Crippen LogP contribution in [0.25, 0.3) is 136 Å². The maximum atomic E-state index is 14.4. The van der Waals surface area contributed by atoms with Crippen LogP contribution in [0, 0.1) is 35.4 Å². The van der Waals surface area contributed by atoms with Gasteiger partial charge in [-0.05, 0) is 132 Å². The van der Waals surface area contributed by atoms with Crippen LogP contribution < -0.4 is 4.90 Å². The van der Waals surface area contributed by atoms with Crippen molar-refractivity contribution in [1.82, 2.24) is 68.1 Å². The smallest absolute Gasteiger partial charge is 0.779 e. The second kappa shape index (κ2) is 41.5. The fourth-order valence-corrected chi connectivity index (χ4v) is 14.2. The number of benzene rings is 11. The molecule has 127 heavy (non-hydrogen) atoms. The number of carboxylic acid groups (broad SMARTS) is 2. The Morgan fingerprint density at radius 1 is 0.378 bits per heavy atom. The maximum Gasteiger partial charge on any atom is 2.00 e. The first kappa shape index (κ1) is 92.7. The van der Waals surface area contributed by atoms with E-state index in [-0.39, 0.29) is 129 Å². The number of imidazole rings is 4. The molecule has 8 aromatic heterocycles. The van der Waals surface area contributed by atoms with E-state index in [2.05, 4.69) is 52.0 Å². The zero-order chi connectivity index (χ0) is 85.4. The number of fused-ring (bicyclic) bond motifs is 2. The molecule has 21 nitrogen and oxygen atoms in total. The normalized spacial score (nSPS) is 10.6. The molecule has 0 saturated heterocycles. The van der Waals surface area contributed by atoms with E-state index in [0.717, 1.165) is 67.9 Å². The van der Waals surface area contributed by atoms with Crippen LogP contribution >= 0.6 is 0 Å². The van der Waals surface area contributed by atoms with Gasteiger partial charge in [0.05, 0.1) is 44.9 Å². The predicted octanol–water partition coefficient (Wildman–Crippen LogP) is 20.5. The van der Waals surface area contributed by atoms with Gasteiger partial charge in [-0.3, -0.25) is 41.6 Å². The third kappa shape index (κ3) is 20.2. The summed E-state index contributed by atoms with van der Waals surface area (Å²) in [6.45, 7) is 0. The summed E-state index contributed by atoms with van der Waals surface area (Å²) in [6, 6.07) is 90.9. The number of pyridine rings is 2. The number of halogens is 4.